The number of fused-ring (bicyclic) bond motifs is 1. The van der Waals surface area contributed by atoms with Crippen molar-refractivity contribution < 1.29 is 4.79 Å². The van der Waals surface area contributed by atoms with E-state index in [9.17, 15) is 9.59 Å². The van der Waals surface area contributed by atoms with Crippen molar-refractivity contribution in [3.63, 3.8) is 0 Å². The molecule has 1 aliphatic carbocycles. The molecular formula is C30H39N3O2. The molecule has 0 bridgehead atoms. The Labute approximate surface area is 209 Å². The van der Waals surface area contributed by atoms with Crippen molar-refractivity contribution >= 4 is 16.8 Å². The highest BCUT2D eigenvalue weighted by molar-refractivity contribution is 5.79. The topological polar surface area (TPSA) is 55.2 Å². The fourth-order valence-electron chi connectivity index (χ4n) is 5.34. The van der Waals surface area contributed by atoms with Crippen molar-refractivity contribution in [1.82, 2.24) is 14.5 Å². The molecule has 1 unspecified atom stereocenters. The molecule has 5 heteroatoms. The van der Waals surface area contributed by atoms with E-state index in [4.69, 9.17) is 4.98 Å². The van der Waals surface area contributed by atoms with Crippen molar-refractivity contribution in [2.45, 2.75) is 78.7 Å². The molecule has 1 amide bonds. The average molecular weight is 474 g/mol. The van der Waals surface area contributed by atoms with Gasteiger partial charge in [-0.05, 0) is 61.4 Å². The maximum atomic E-state index is 13.7. The molecule has 0 N–H and O–H groups in total. The quantitative estimate of drug-likeness (QED) is 0.358. The average Bonchev–Trinajstić information content (AvgIpc) is 3.39. The van der Waals surface area contributed by atoms with Gasteiger partial charge in [0.05, 0.1) is 22.6 Å². The number of amides is 1. The molecule has 1 saturated carbocycles. The lowest BCUT2D eigenvalue weighted by Crippen LogP contribution is -2.39. The molecule has 0 aliphatic heterocycles. The zero-order chi connectivity index (χ0) is 24.9. The SMILES string of the molecule is CCc1ccc(-n2c(C(C)N(CC(C)C)C(=O)CCC3CCCC3)nc3ccccc3c2=O)cc1. The number of para-hydroxylation sites is 1. The normalized spacial score (nSPS) is 15.1. The van der Waals surface area contributed by atoms with E-state index >= 15 is 0 Å². The number of rotatable bonds is 9. The van der Waals surface area contributed by atoms with Crippen molar-refractivity contribution in [2.75, 3.05) is 6.54 Å². The van der Waals surface area contributed by atoms with Gasteiger partial charge in [-0.15, -0.1) is 0 Å². The lowest BCUT2D eigenvalue weighted by atomic mass is 10.0. The van der Waals surface area contributed by atoms with E-state index in [1.165, 1.54) is 31.2 Å². The van der Waals surface area contributed by atoms with E-state index in [1.54, 1.807) is 4.57 Å². The van der Waals surface area contributed by atoms with Crippen molar-refractivity contribution in [3.05, 3.63) is 70.3 Å². The molecule has 0 spiro atoms. The van der Waals surface area contributed by atoms with E-state index in [0.717, 1.165) is 18.5 Å². The third-order valence-corrected chi connectivity index (χ3v) is 7.37. The van der Waals surface area contributed by atoms with Gasteiger partial charge in [0.25, 0.3) is 5.56 Å². The van der Waals surface area contributed by atoms with Crippen LogP contribution >= 0.6 is 0 Å². The Bertz CT molecular complexity index is 1210. The summed E-state index contributed by atoms with van der Waals surface area (Å²) < 4.78 is 1.71. The molecule has 1 heterocycles. The molecule has 186 valence electrons. The minimum Gasteiger partial charge on any atom is -0.333 e. The zero-order valence-corrected chi connectivity index (χ0v) is 21.7. The summed E-state index contributed by atoms with van der Waals surface area (Å²) in [6.07, 6.45) is 7.51. The van der Waals surface area contributed by atoms with Gasteiger partial charge in [0, 0.05) is 13.0 Å². The van der Waals surface area contributed by atoms with Gasteiger partial charge in [0.15, 0.2) is 0 Å². The Hall–Kier alpha value is -2.95. The molecule has 0 saturated heterocycles. The van der Waals surface area contributed by atoms with Gasteiger partial charge < -0.3 is 4.90 Å². The molecule has 1 fully saturated rings. The van der Waals surface area contributed by atoms with E-state index in [0.29, 0.717) is 41.5 Å². The van der Waals surface area contributed by atoms with E-state index in [2.05, 4.69) is 32.9 Å². The van der Waals surface area contributed by atoms with Gasteiger partial charge >= 0.3 is 0 Å². The lowest BCUT2D eigenvalue weighted by Gasteiger charge is -2.32. The van der Waals surface area contributed by atoms with Gasteiger partial charge in [-0.25, -0.2) is 4.98 Å². The largest absolute Gasteiger partial charge is 0.333 e. The number of hydrogen-bond acceptors (Lipinski definition) is 3. The highest BCUT2D eigenvalue weighted by atomic mass is 16.2. The Morgan fingerprint density at radius 1 is 1.06 bits per heavy atom. The summed E-state index contributed by atoms with van der Waals surface area (Å²) in [6.45, 7) is 9.04. The van der Waals surface area contributed by atoms with Crippen LogP contribution in [0, 0.1) is 11.8 Å². The van der Waals surface area contributed by atoms with Crippen LogP contribution in [0.15, 0.2) is 53.3 Å². The number of nitrogens with zero attached hydrogens (tertiary/aromatic N) is 3. The van der Waals surface area contributed by atoms with Crippen LogP contribution < -0.4 is 5.56 Å². The summed E-state index contributed by atoms with van der Waals surface area (Å²) in [6, 6.07) is 15.3. The molecule has 1 aromatic heterocycles. The molecular weight excluding hydrogens is 434 g/mol. The first-order valence-corrected chi connectivity index (χ1v) is 13.3. The zero-order valence-electron chi connectivity index (χ0n) is 21.7. The van der Waals surface area contributed by atoms with Crippen molar-refractivity contribution in [1.29, 1.82) is 0 Å². The van der Waals surface area contributed by atoms with Gasteiger partial charge in [-0.3, -0.25) is 14.2 Å². The van der Waals surface area contributed by atoms with Crippen LogP contribution in [0.25, 0.3) is 16.6 Å². The van der Waals surface area contributed by atoms with Crippen LogP contribution in [-0.2, 0) is 11.2 Å². The second-order valence-corrected chi connectivity index (χ2v) is 10.5. The van der Waals surface area contributed by atoms with Gasteiger partial charge in [-0.1, -0.05) is 70.7 Å². The number of carbonyl (C=O) groups excluding carboxylic acids is 1. The summed E-state index contributed by atoms with van der Waals surface area (Å²) in [5.41, 5.74) is 2.58. The maximum absolute atomic E-state index is 13.7. The van der Waals surface area contributed by atoms with Crippen LogP contribution in [-0.4, -0.2) is 26.9 Å². The first-order valence-electron chi connectivity index (χ1n) is 13.3. The van der Waals surface area contributed by atoms with Crippen LogP contribution in [0.1, 0.15) is 83.6 Å². The molecule has 4 rings (SSSR count). The smallest absolute Gasteiger partial charge is 0.266 e. The van der Waals surface area contributed by atoms with Crippen molar-refractivity contribution in [3.8, 4) is 5.69 Å². The Balaban J connectivity index is 1.76. The summed E-state index contributed by atoms with van der Waals surface area (Å²) >= 11 is 0. The first kappa shape index (κ1) is 25.2. The van der Waals surface area contributed by atoms with Crippen LogP contribution in [0.5, 0.6) is 0 Å². The summed E-state index contributed by atoms with van der Waals surface area (Å²) in [5, 5.41) is 0.589. The fourth-order valence-corrected chi connectivity index (χ4v) is 5.34. The highest BCUT2D eigenvalue weighted by Crippen LogP contribution is 2.30. The maximum Gasteiger partial charge on any atom is 0.266 e. The highest BCUT2D eigenvalue weighted by Gasteiger charge is 2.28. The molecule has 1 atom stereocenters. The molecule has 0 radical (unpaired) electrons. The summed E-state index contributed by atoms with van der Waals surface area (Å²) in [7, 11) is 0. The van der Waals surface area contributed by atoms with E-state index < -0.39 is 0 Å². The number of aromatic nitrogens is 2. The predicted octanol–water partition coefficient (Wildman–Crippen LogP) is 6.46. The van der Waals surface area contributed by atoms with Gasteiger partial charge in [0.2, 0.25) is 5.91 Å². The number of hydrogen-bond donors (Lipinski definition) is 0. The third-order valence-electron chi connectivity index (χ3n) is 7.37. The monoisotopic (exact) mass is 473 g/mol. The van der Waals surface area contributed by atoms with E-state index in [-0.39, 0.29) is 17.5 Å². The number of carbonyl (C=O) groups is 1. The number of aryl methyl sites for hydroxylation is 1. The number of benzene rings is 2. The Kier molecular flexibility index (Phi) is 8.04. The molecule has 5 nitrogen and oxygen atoms in total. The van der Waals surface area contributed by atoms with Crippen molar-refractivity contribution in [2.24, 2.45) is 11.8 Å². The first-order chi connectivity index (χ1) is 16.9. The molecule has 3 aromatic rings. The minimum atomic E-state index is -0.323. The minimum absolute atomic E-state index is 0.0930. The summed E-state index contributed by atoms with van der Waals surface area (Å²) in [5.74, 6) is 1.77. The van der Waals surface area contributed by atoms with Crippen LogP contribution in [0.3, 0.4) is 0 Å². The van der Waals surface area contributed by atoms with E-state index in [1.807, 2.05) is 48.2 Å². The standard InChI is InChI=1S/C30H39N3O2/c1-5-23-14-17-25(18-15-23)33-29(31-27-13-9-8-12-26(27)30(33)35)22(4)32(20-21(2)3)28(34)19-16-24-10-6-7-11-24/h8-9,12-15,17-18,21-22,24H,5-7,10-11,16,19-20H2,1-4H3. The van der Waals surface area contributed by atoms with Gasteiger partial charge in [0.1, 0.15) is 5.82 Å². The fraction of sp³-hybridized carbons (Fsp3) is 0.500. The van der Waals surface area contributed by atoms with Crippen LogP contribution in [0.4, 0.5) is 0 Å². The third kappa shape index (κ3) is 5.66. The predicted molar refractivity (Wildman–Crippen MR) is 143 cm³/mol. The molecule has 1 aliphatic rings. The summed E-state index contributed by atoms with van der Waals surface area (Å²) in [4.78, 5) is 34.2. The lowest BCUT2D eigenvalue weighted by molar-refractivity contribution is -0.134. The second-order valence-electron chi connectivity index (χ2n) is 10.5. The Morgan fingerprint density at radius 3 is 2.40 bits per heavy atom. The van der Waals surface area contributed by atoms with Crippen LogP contribution in [0.2, 0.25) is 0 Å². The van der Waals surface area contributed by atoms with Gasteiger partial charge in [-0.2, -0.15) is 0 Å². The second kappa shape index (κ2) is 11.2. The Morgan fingerprint density at radius 2 is 1.74 bits per heavy atom. The molecule has 35 heavy (non-hydrogen) atoms. The molecule has 2 aromatic carbocycles.